The number of hydrogen-bond acceptors (Lipinski definition) is 6. The van der Waals surface area contributed by atoms with E-state index in [4.69, 9.17) is 4.74 Å². The molecule has 4 N–H and O–H groups in total. The fourth-order valence-corrected chi connectivity index (χ4v) is 6.53. The third-order valence-electron chi connectivity index (χ3n) is 8.11. The van der Waals surface area contributed by atoms with Gasteiger partial charge in [-0.05, 0) is 43.6 Å². The van der Waals surface area contributed by atoms with Crippen molar-refractivity contribution in [3.63, 3.8) is 0 Å². The lowest BCUT2D eigenvalue weighted by Crippen LogP contribution is -2.77. The lowest BCUT2D eigenvalue weighted by molar-refractivity contribution is -0.332. The van der Waals surface area contributed by atoms with Gasteiger partial charge in [0.1, 0.15) is 11.7 Å². The highest BCUT2D eigenvalue weighted by molar-refractivity contribution is 5.93. The van der Waals surface area contributed by atoms with Gasteiger partial charge in [0.2, 0.25) is 0 Å². The predicted molar refractivity (Wildman–Crippen MR) is 93.1 cm³/mol. The third kappa shape index (κ3) is 1.97. The van der Waals surface area contributed by atoms with Crippen LogP contribution >= 0.6 is 0 Å². The van der Waals surface area contributed by atoms with Gasteiger partial charge in [-0.1, -0.05) is 19.4 Å². The first-order valence-electron chi connectivity index (χ1n) is 9.60. The zero-order valence-corrected chi connectivity index (χ0v) is 15.9. The summed E-state index contributed by atoms with van der Waals surface area (Å²) in [5, 5.41) is 44.6. The molecule has 26 heavy (non-hydrogen) atoms. The number of ether oxygens (including phenoxy) is 1. The Bertz CT molecular complexity index is 684. The van der Waals surface area contributed by atoms with Crippen molar-refractivity contribution in [1.29, 1.82) is 0 Å². The van der Waals surface area contributed by atoms with Gasteiger partial charge in [0.25, 0.3) is 0 Å². The van der Waals surface area contributed by atoms with Gasteiger partial charge in [0.15, 0.2) is 5.78 Å². The zero-order valence-electron chi connectivity index (χ0n) is 15.9. The van der Waals surface area contributed by atoms with Crippen LogP contribution in [0.4, 0.5) is 0 Å². The molecule has 2 bridgehead atoms. The molecule has 4 rings (SSSR count). The van der Waals surface area contributed by atoms with Gasteiger partial charge in [-0.25, -0.2) is 0 Å². The summed E-state index contributed by atoms with van der Waals surface area (Å²) in [6.45, 7) is 7.47. The summed E-state index contributed by atoms with van der Waals surface area (Å²) in [7, 11) is 0. The average Bonchev–Trinajstić information content (AvgIpc) is 2.54. The molecular weight excluding hydrogens is 336 g/mol. The number of hydrogen-bond donors (Lipinski definition) is 4. The van der Waals surface area contributed by atoms with Gasteiger partial charge in [-0.2, -0.15) is 0 Å². The van der Waals surface area contributed by atoms with Crippen LogP contribution in [0.15, 0.2) is 11.1 Å². The number of aliphatic hydroxyl groups excluding tert-OH is 3. The molecule has 0 spiro atoms. The lowest BCUT2D eigenvalue weighted by atomic mass is 9.46. The van der Waals surface area contributed by atoms with Gasteiger partial charge >= 0.3 is 0 Å². The van der Waals surface area contributed by atoms with E-state index in [0.717, 1.165) is 5.57 Å². The summed E-state index contributed by atoms with van der Waals surface area (Å²) in [6, 6.07) is 0. The van der Waals surface area contributed by atoms with Crippen LogP contribution in [0.1, 0.15) is 47.0 Å². The molecule has 1 aliphatic heterocycles. The minimum Gasteiger partial charge on any atom is -0.392 e. The summed E-state index contributed by atoms with van der Waals surface area (Å²) < 4.78 is 5.45. The second kappa shape index (κ2) is 5.39. The van der Waals surface area contributed by atoms with Crippen molar-refractivity contribution in [2.75, 3.05) is 6.61 Å². The summed E-state index contributed by atoms with van der Waals surface area (Å²) in [6.07, 6.45) is -2.43. The Labute approximate surface area is 153 Å². The molecule has 0 unspecified atom stereocenters. The molecule has 146 valence electrons. The Morgan fingerprint density at radius 3 is 2.38 bits per heavy atom. The van der Waals surface area contributed by atoms with E-state index in [0.29, 0.717) is 18.4 Å². The smallest absolute Gasteiger partial charge is 0.174 e. The highest BCUT2D eigenvalue weighted by atomic mass is 16.6. The Hall–Kier alpha value is -0.790. The minimum atomic E-state index is -1.43. The van der Waals surface area contributed by atoms with E-state index >= 15 is 0 Å². The first-order chi connectivity index (χ1) is 12.0. The van der Waals surface area contributed by atoms with Crippen molar-refractivity contribution in [2.45, 2.75) is 77.0 Å². The quantitative estimate of drug-likeness (QED) is 0.467. The number of fused-ring (bicyclic) bond motifs is 5. The van der Waals surface area contributed by atoms with Crippen LogP contribution < -0.4 is 0 Å². The molecule has 1 heterocycles. The number of rotatable bonds is 0. The monoisotopic (exact) mass is 366 g/mol. The van der Waals surface area contributed by atoms with E-state index in [-0.39, 0.29) is 18.9 Å². The largest absolute Gasteiger partial charge is 0.392 e. The van der Waals surface area contributed by atoms with Gasteiger partial charge in [-0.3, -0.25) is 4.79 Å². The second-order valence-corrected chi connectivity index (χ2v) is 9.62. The lowest BCUT2D eigenvalue weighted by Gasteiger charge is -2.64. The standard InChI is InChI=1S/C20H30O6/c1-9-5-6-10-14(22)16-19(4,11(21)7-12-20(16,25)8-26-12)17(24)15(23)13(9)18(10,2)3/h10-12,14-16,21-23,25H,5-8H2,1-4H3/t10-,11-,12+,14+,15+,16-,19+,20-/m0/s1. The topological polar surface area (TPSA) is 107 Å². The van der Waals surface area contributed by atoms with Gasteiger partial charge < -0.3 is 25.2 Å². The predicted octanol–water partition coefficient (Wildman–Crippen LogP) is 0.561. The van der Waals surface area contributed by atoms with Crippen molar-refractivity contribution < 1.29 is 30.0 Å². The van der Waals surface area contributed by atoms with Crippen molar-refractivity contribution in [1.82, 2.24) is 0 Å². The van der Waals surface area contributed by atoms with Crippen molar-refractivity contribution >= 4 is 5.78 Å². The van der Waals surface area contributed by atoms with Crippen LogP contribution in [-0.4, -0.2) is 62.8 Å². The number of carbonyl (C=O) groups is 1. The Morgan fingerprint density at radius 2 is 1.81 bits per heavy atom. The highest BCUT2D eigenvalue weighted by Crippen LogP contribution is 2.60. The summed E-state index contributed by atoms with van der Waals surface area (Å²) in [5.41, 5.74) is -1.70. The normalized spacial score (nSPS) is 53.2. The van der Waals surface area contributed by atoms with Crippen molar-refractivity contribution in [2.24, 2.45) is 22.7 Å². The molecule has 3 aliphatic carbocycles. The Morgan fingerprint density at radius 1 is 1.15 bits per heavy atom. The van der Waals surface area contributed by atoms with E-state index in [1.165, 1.54) is 0 Å². The third-order valence-corrected chi connectivity index (χ3v) is 8.11. The molecule has 4 aliphatic rings. The Kier molecular flexibility index (Phi) is 3.85. The maximum atomic E-state index is 13.5. The number of carbonyl (C=O) groups excluding carboxylic acids is 1. The first-order valence-corrected chi connectivity index (χ1v) is 9.60. The molecule has 0 aromatic heterocycles. The summed E-state index contributed by atoms with van der Waals surface area (Å²) >= 11 is 0. The number of ketones is 1. The first kappa shape index (κ1) is 18.6. The van der Waals surface area contributed by atoms with Gasteiger partial charge in [-0.15, -0.1) is 0 Å². The van der Waals surface area contributed by atoms with Crippen molar-refractivity contribution in [3.05, 3.63) is 11.1 Å². The fourth-order valence-electron chi connectivity index (χ4n) is 6.53. The van der Waals surface area contributed by atoms with E-state index in [2.05, 4.69) is 0 Å². The summed E-state index contributed by atoms with van der Waals surface area (Å²) in [5.74, 6) is -1.59. The maximum absolute atomic E-state index is 13.5. The van der Waals surface area contributed by atoms with Gasteiger partial charge in [0, 0.05) is 12.3 Å². The fraction of sp³-hybridized carbons (Fsp3) is 0.850. The molecule has 0 aromatic rings. The van der Waals surface area contributed by atoms with Crippen LogP contribution in [0.3, 0.4) is 0 Å². The number of allylic oxidation sites excluding steroid dienone is 1. The van der Waals surface area contributed by atoms with Crippen LogP contribution in [-0.2, 0) is 9.53 Å². The van der Waals surface area contributed by atoms with E-state index < -0.39 is 52.5 Å². The van der Waals surface area contributed by atoms with Crippen molar-refractivity contribution in [3.8, 4) is 0 Å². The molecule has 0 amide bonds. The molecule has 6 nitrogen and oxygen atoms in total. The molecular formula is C20H30O6. The minimum absolute atomic E-state index is 0.0416. The van der Waals surface area contributed by atoms with E-state index in [1.807, 2.05) is 20.8 Å². The summed E-state index contributed by atoms with van der Waals surface area (Å²) in [4.78, 5) is 13.5. The van der Waals surface area contributed by atoms with Crippen LogP contribution in [0.25, 0.3) is 0 Å². The van der Waals surface area contributed by atoms with Crippen LogP contribution in [0, 0.1) is 22.7 Å². The average molecular weight is 366 g/mol. The molecule has 8 atom stereocenters. The molecule has 2 saturated carbocycles. The van der Waals surface area contributed by atoms with Crippen LogP contribution in [0.2, 0.25) is 0 Å². The number of Topliss-reactive ketones (excluding diaryl/α,β-unsaturated/α-hetero) is 1. The molecule has 3 fully saturated rings. The number of aliphatic hydroxyl groups is 4. The molecule has 1 saturated heterocycles. The zero-order chi connectivity index (χ0) is 19.2. The van der Waals surface area contributed by atoms with Crippen LogP contribution in [0.5, 0.6) is 0 Å². The molecule has 0 aromatic carbocycles. The van der Waals surface area contributed by atoms with E-state index in [1.54, 1.807) is 6.92 Å². The second-order valence-electron chi connectivity index (χ2n) is 9.62. The highest BCUT2D eigenvalue weighted by Gasteiger charge is 2.71. The molecule has 6 heteroatoms. The SMILES string of the molecule is CC1=C2[C@@H](O)C(=O)[C@@]3(C)[C@H]([C@H](O)[C@H](CC1)C2(C)C)[C@]1(O)CO[C@@H]1C[C@@H]3O. The van der Waals surface area contributed by atoms with E-state index in [9.17, 15) is 25.2 Å². The van der Waals surface area contributed by atoms with Gasteiger partial charge in [0.05, 0.1) is 30.3 Å². The molecule has 0 radical (unpaired) electrons. The maximum Gasteiger partial charge on any atom is 0.174 e. The Balaban J connectivity index is 1.94.